The maximum Gasteiger partial charge on any atom is 0.261 e. The fraction of sp³-hybridized carbons (Fsp3) is 0.522. The van der Waals surface area contributed by atoms with Gasteiger partial charge in [-0.3, -0.25) is 9.55 Å². The highest BCUT2D eigenvalue weighted by molar-refractivity contribution is 7.85. The first-order chi connectivity index (χ1) is 16.6. The molecule has 4 rings (SSSR count). The Labute approximate surface area is 204 Å². The van der Waals surface area contributed by atoms with Crippen molar-refractivity contribution in [2.45, 2.75) is 44.2 Å². The highest BCUT2D eigenvalue weighted by Crippen LogP contribution is 2.45. The molecule has 2 aromatic rings. The van der Waals surface area contributed by atoms with Crippen LogP contribution < -0.4 is 18.9 Å². The lowest BCUT2D eigenvalue weighted by atomic mass is 9.74. The smallest absolute Gasteiger partial charge is 0.261 e. The summed E-state index contributed by atoms with van der Waals surface area (Å²) in [5.41, 5.74) is 3.47. The quantitative estimate of drug-likeness (QED) is 0.555. The molecule has 1 aliphatic heterocycles. The fourth-order valence-corrected chi connectivity index (χ4v) is 4.37. The van der Waals surface area contributed by atoms with Crippen LogP contribution in [0.3, 0.4) is 0 Å². The van der Waals surface area contributed by atoms with E-state index in [1.807, 2.05) is 19.1 Å². The van der Waals surface area contributed by atoms with Gasteiger partial charge in [-0.1, -0.05) is 0 Å². The minimum absolute atomic E-state index is 0.0580. The highest BCUT2D eigenvalue weighted by Gasteiger charge is 2.38. The summed E-state index contributed by atoms with van der Waals surface area (Å²) in [6.45, 7) is 2.48. The second-order valence-corrected chi connectivity index (χ2v) is 9.65. The number of ether oxygens (including phenoxy) is 4. The first kappa shape index (κ1) is 26.6. The maximum atomic E-state index is 10.3. The largest absolute Gasteiger partial charge is 0.493 e. The lowest BCUT2D eigenvalue weighted by Crippen LogP contribution is -2.34. The zero-order chi connectivity index (χ0) is 25.8. The average molecular weight is 510 g/mol. The van der Waals surface area contributed by atoms with Gasteiger partial charge in [-0.05, 0) is 43.9 Å². The molecule has 0 bridgehead atoms. The monoisotopic (exact) mass is 509 g/mol. The van der Waals surface area contributed by atoms with Gasteiger partial charge < -0.3 is 24.1 Å². The van der Waals surface area contributed by atoms with Crippen LogP contribution in [0.25, 0.3) is 0 Å². The number of aliphatic hydroxyl groups is 1. The van der Waals surface area contributed by atoms with Gasteiger partial charge in [-0.2, -0.15) is 8.42 Å². The third-order valence-electron chi connectivity index (χ3n) is 5.77. The van der Waals surface area contributed by atoms with Crippen molar-refractivity contribution in [3.63, 3.8) is 0 Å². The number of aromatic nitrogens is 2. The lowest BCUT2D eigenvalue weighted by Gasteiger charge is -2.37. The topological polar surface area (TPSA) is 150 Å². The molecular formula is C23H31N3O8S. The lowest BCUT2D eigenvalue weighted by molar-refractivity contribution is 0.111. The molecule has 1 aromatic heterocycles. The molecule has 11 nitrogen and oxygen atoms in total. The number of rotatable bonds is 6. The van der Waals surface area contributed by atoms with E-state index in [0.717, 1.165) is 29.7 Å². The first-order valence-electron chi connectivity index (χ1n) is 11.1. The molecule has 2 aliphatic rings. The summed E-state index contributed by atoms with van der Waals surface area (Å²) >= 11 is 0. The van der Waals surface area contributed by atoms with Crippen LogP contribution in [-0.4, -0.2) is 80.3 Å². The predicted molar refractivity (Wildman–Crippen MR) is 129 cm³/mol. The molecule has 2 N–H and O–H groups in total. The fourth-order valence-electron chi connectivity index (χ4n) is 4.37. The number of hydrogen-bond donors (Lipinski definition) is 2. The van der Waals surface area contributed by atoms with E-state index in [1.165, 1.54) is 0 Å². The Morgan fingerprint density at radius 2 is 1.71 bits per heavy atom. The van der Waals surface area contributed by atoms with Crippen LogP contribution in [0.15, 0.2) is 23.2 Å². The van der Waals surface area contributed by atoms with Crippen molar-refractivity contribution in [2.75, 3.05) is 34.2 Å². The average Bonchev–Trinajstić information content (AvgIpc) is 2.82. The van der Waals surface area contributed by atoms with Crippen molar-refractivity contribution < 1.29 is 37.0 Å². The van der Waals surface area contributed by atoms with Crippen molar-refractivity contribution in [3.8, 4) is 23.3 Å². The highest BCUT2D eigenvalue weighted by atomic mass is 32.2. The zero-order valence-electron chi connectivity index (χ0n) is 20.4. The minimum atomic E-state index is -3.67. The standard InChI is InChI=1S/C22H27N3O5.CH4O3S/c1-5-30-19-9-13-14-8-12(26)6-7-17(14)23-21(15(13)10-18(19)27-2)16-11-20(28-3)24-25-22(16)29-4;1-5(2,3)4/h9-12,14,17,26H,5-8H2,1-4H3;1H3,(H,2,3,4)/t12-,14-,17-;/m1./s1. The summed E-state index contributed by atoms with van der Waals surface area (Å²) in [5.74, 6) is 2.19. The van der Waals surface area contributed by atoms with E-state index in [4.69, 9.17) is 28.5 Å². The molecule has 1 fully saturated rings. The van der Waals surface area contributed by atoms with E-state index in [9.17, 15) is 13.5 Å². The van der Waals surface area contributed by atoms with Gasteiger partial charge in [0.25, 0.3) is 10.1 Å². The number of nitrogens with zero attached hydrogens (tertiary/aromatic N) is 3. The summed E-state index contributed by atoms with van der Waals surface area (Å²) < 4.78 is 48.1. The molecule has 3 atom stereocenters. The van der Waals surface area contributed by atoms with Crippen LogP contribution in [-0.2, 0) is 10.1 Å². The van der Waals surface area contributed by atoms with Crippen LogP contribution in [0.4, 0.5) is 0 Å². The molecule has 1 aromatic carbocycles. The van der Waals surface area contributed by atoms with Crippen LogP contribution in [0.1, 0.15) is 48.8 Å². The molecule has 1 aliphatic carbocycles. The Hall–Kier alpha value is -2.96. The third-order valence-corrected chi connectivity index (χ3v) is 5.77. The Kier molecular flexibility index (Phi) is 8.51. The van der Waals surface area contributed by atoms with Crippen LogP contribution in [0.2, 0.25) is 0 Å². The van der Waals surface area contributed by atoms with Gasteiger partial charge in [0.05, 0.1) is 57.6 Å². The molecule has 0 spiro atoms. The third kappa shape index (κ3) is 6.38. The maximum absolute atomic E-state index is 10.3. The van der Waals surface area contributed by atoms with E-state index >= 15 is 0 Å². The number of fused-ring (bicyclic) bond motifs is 3. The SMILES string of the molecule is CCOc1cc2c(cc1OC)C(c1cc(OC)nnc1OC)=N[C@@H]1CC[C@@H](O)C[C@H]21.CS(=O)(=O)O. The summed E-state index contributed by atoms with van der Waals surface area (Å²) in [4.78, 5) is 5.09. The molecule has 2 heterocycles. The predicted octanol–water partition coefficient (Wildman–Crippen LogP) is 2.25. The molecule has 12 heteroatoms. The van der Waals surface area contributed by atoms with E-state index in [0.29, 0.717) is 48.1 Å². The molecule has 0 saturated heterocycles. The van der Waals surface area contributed by atoms with E-state index in [1.54, 1.807) is 27.4 Å². The number of aliphatic imine (C=N–C) groups is 1. The van der Waals surface area contributed by atoms with Crippen molar-refractivity contribution in [1.29, 1.82) is 0 Å². The minimum Gasteiger partial charge on any atom is -0.493 e. The molecule has 192 valence electrons. The number of methoxy groups -OCH3 is 3. The molecule has 0 radical (unpaired) electrons. The molecule has 1 saturated carbocycles. The Morgan fingerprint density at radius 3 is 2.31 bits per heavy atom. The van der Waals surface area contributed by atoms with Crippen molar-refractivity contribution >= 4 is 15.8 Å². The van der Waals surface area contributed by atoms with Gasteiger partial charge in [0.2, 0.25) is 11.8 Å². The van der Waals surface area contributed by atoms with Crippen LogP contribution in [0.5, 0.6) is 23.3 Å². The zero-order valence-corrected chi connectivity index (χ0v) is 21.2. The molecular weight excluding hydrogens is 478 g/mol. The normalized spacial score (nSPS) is 20.9. The molecule has 0 amide bonds. The Morgan fingerprint density at radius 1 is 1.00 bits per heavy atom. The molecule has 35 heavy (non-hydrogen) atoms. The summed E-state index contributed by atoms with van der Waals surface area (Å²) in [6.07, 6.45) is 2.60. The first-order valence-corrected chi connectivity index (χ1v) is 12.9. The van der Waals surface area contributed by atoms with Gasteiger partial charge >= 0.3 is 0 Å². The van der Waals surface area contributed by atoms with E-state index < -0.39 is 10.1 Å². The van der Waals surface area contributed by atoms with Gasteiger partial charge in [-0.25, -0.2) is 0 Å². The van der Waals surface area contributed by atoms with Gasteiger partial charge in [0.1, 0.15) is 0 Å². The van der Waals surface area contributed by atoms with Crippen LogP contribution in [0, 0.1) is 0 Å². The van der Waals surface area contributed by atoms with Crippen LogP contribution >= 0.6 is 0 Å². The van der Waals surface area contributed by atoms with E-state index in [2.05, 4.69) is 10.2 Å². The summed E-state index contributed by atoms with van der Waals surface area (Å²) in [7, 11) is 1.06. The number of hydrogen-bond acceptors (Lipinski definition) is 10. The summed E-state index contributed by atoms with van der Waals surface area (Å²) in [5, 5.41) is 18.5. The second kappa shape index (κ2) is 11.2. The van der Waals surface area contributed by atoms with Gasteiger partial charge in [0.15, 0.2) is 11.5 Å². The Balaban J connectivity index is 0.000000623. The second-order valence-electron chi connectivity index (χ2n) is 8.18. The van der Waals surface area contributed by atoms with Crippen molar-refractivity contribution in [1.82, 2.24) is 10.2 Å². The molecule has 0 unspecified atom stereocenters. The van der Waals surface area contributed by atoms with Gasteiger partial charge in [-0.15, -0.1) is 10.2 Å². The number of benzene rings is 1. The summed E-state index contributed by atoms with van der Waals surface area (Å²) in [6, 6.07) is 5.82. The van der Waals surface area contributed by atoms with E-state index in [-0.39, 0.29) is 18.1 Å². The van der Waals surface area contributed by atoms with Crippen molar-refractivity contribution in [2.24, 2.45) is 4.99 Å². The number of aliphatic hydroxyl groups excluding tert-OH is 1. The van der Waals surface area contributed by atoms with Crippen molar-refractivity contribution in [3.05, 3.63) is 34.9 Å². The Bertz CT molecular complexity index is 1180. The van der Waals surface area contributed by atoms with Gasteiger partial charge in [0, 0.05) is 17.5 Å².